The number of aliphatic carboxylic acids is 1. The van der Waals surface area contributed by atoms with E-state index in [0.29, 0.717) is 0 Å². The summed E-state index contributed by atoms with van der Waals surface area (Å²) in [4.78, 5) is 9.35. The number of rotatable bonds is 5. The maximum absolute atomic E-state index is 9.35. The Morgan fingerprint density at radius 3 is 0.933 bits per heavy atom. The third-order valence-corrected chi connectivity index (χ3v) is 10.1. The zero-order valence-electron chi connectivity index (χ0n) is 16.7. The summed E-state index contributed by atoms with van der Waals surface area (Å²) in [5, 5.41) is 13.4. The van der Waals surface area contributed by atoms with Gasteiger partial charge in [0.1, 0.15) is 0 Å². The molecule has 0 aliphatic heterocycles. The molecule has 4 aromatic rings. The van der Waals surface area contributed by atoms with Crippen LogP contribution in [0.2, 0.25) is 0 Å². The first-order valence-corrected chi connectivity index (χ1v) is 12.6. The van der Waals surface area contributed by atoms with Crippen LogP contribution in [0, 0.1) is 0 Å². The van der Waals surface area contributed by atoms with Gasteiger partial charge in [-0.2, -0.15) is 0 Å². The molecule has 2 nitrogen and oxygen atoms in total. The van der Waals surface area contributed by atoms with Crippen molar-refractivity contribution in [1.82, 2.24) is 0 Å². The van der Waals surface area contributed by atoms with Crippen LogP contribution in [0.4, 0.5) is 0 Å². The van der Waals surface area contributed by atoms with E-state index in [1.54, 1.807) is 0 Å². The van der Waals surface area contributed by atoms with Gasteiger partial charge in [0.05, 0.1) is 6.16 Å². The average molecular weight is 432 g/mol. The molecular formula is C26H26O2P2. The van der Waals surface area contributed by atoms with Gasteiger partial charge < -0.3 is 5.11 Å². The van der Waals surface area contributed by atoms with Gasteiger partial charge in [-0.15, -0.1) is 9.24 Å². The summed E-state index contributed by atoms with van der Waals surface area (Å²) in [6.45, 7) is 0. The van der Waals surface area contributed by atoms with E-state index in [-0.39, 0.29) is 6.16 Å². The zero-order valence-corrected chi connectivity index (χ0v) is 18.8. The number of hydrogen-bond donors (Lipinski definition) is 1. The second kappa shape index (κ2) is 10.8. The van der Waals surface area contributed by atoms with Gasteiger partial charge in [0.15, 0.2) is 0 Å². The molecule has 4 rings (SSSR count). The van der Waals surface area contributed by atoms with Crippen molar-refractivity contribution in [3.63, 3.8) is 0 Å². The van der Waals surface area contributed by atoms with Crippen LogP contribution in [-0.4, -0.2) is 17.2 Å². The van der Waals surface area contributed by atoms with Crippen molar-refractivity contribution >= 4 is 43.7 Å². The summed E-state index contributed by atoms with van der Waals surface area (Å²) in [6.07, 6.45) is 0.139. The Bertz CT molecular complexity index is 874. The summed E-state index contributed by atoms with van der Waals surface area (Å²) in [6, 6.07) is 44.0. The molecule has 0 aliphatic rings. The molecule has 152 valence electrons. The SMILES string of the molecule is O=C(O)CP.c1ccc([PH](c2ccccc2)(c2ccccc2)c2ccccc2)cc1. The Labute approximate surface area is 181 Å². The fraction of sp³-hybridized carbons (Fsp3) is 0.0385. The van der Waals surface area contributed by atoms with E-state index in [4.69, 9.17) is 5.11 Å². The molecule has 0 bridgehead atoms. The molecule has 0 spiro atoms. The summed E-state index contributed by atoms with van der Waals surface area (Å²) < 4.78 is 0. The van der Waals surface area contributed by atoms with Crippen LogP contribution in [-0.2, 0) is 4.79 Å². The monoisotopic (exact) mass is 432 g/mol. The van der Waals surface area contributed by atoms with E-state index in [2.05, 4.69) is 131 Å². The molecule has 4 aromatic carbocycles. The van der Waals surface area contributed by atoms with E-state index in [9.17, 15) is 4.79 Å². The van der Waals surface area contributed by atoms with E-state index in [1.807, 2.05) is 0 Å². The van der Waals surface area contributed by atoms with Crippen molar-refractivity contribution < 1.29 is 9.90 Å². The van der Waals surface area contributed by atoms with Gasteiger partial charge in [0, 0.05) is 0 Å². The minimum atomic E-state index is -2.30. The molecule has 0 fully saturated rings. The summed E-state index contributed by atoms with van der Waals surface area (Å²) in [5.41, 5.74) is 0. The predicted molar refractivity (Wildman–Crippen MR) is 135 cm³/mol. The van der Waals surface area contributed by atoms with E-state index < -0.39 is 13.2 Å². The topological polar surface area (TPSA) is 37.3 Å². The van der Waals surface area contributed by atoms with Crippen LogP contribution >= 0.6 is 16.5 Å². The molecule has 1 atom stereocenters. The van der Waals surface area contributed by atoms with Crippen LogP contribution < -0.4 is 21.2 Å². The molecule has 0 amide bonds. The number of carboxylic acid groups (broad SMARTS) is 1. The summed E-state index contributed by atoms with van der Waals surface area (Å²) in [5.74, 6) is -0.782. The molecule has 4 heteroatoms. The number of carbonyl (C=O) groups is 1. The van der Waals surface area contributed by atoms with Crippen molar-refractivity contribution in [2.75, 3.05) is 6.16 Å². The van der Waals surface area contributed by atoms with Crippen LogP contribution in [0.5, 0.6) is 0 Å². The predicted octanol–water partition coefficient (Wildman–Crippen LogP) is 3.98. The molecule has 1 unspecified atom stereocenters. The quantitative estimate of drug-likeness (QED) is 0.485. The second-order valence-corrected chi connectivity index (χ2v) is 11.0. The normalized spacial score (nSPS) is 11.1. The summed E-state index contributed by atoms with van der Waals surface area (Å²) >= 11 is 0. The molecule has 0 aromatic heterocycles. The van der Waals surface area contributed by atoms with E-state index in [0.717, 1.165) is 0 Å². The van der Waals surface area contributed by atoms with Gasteiger partial charge in [0.25, 0.3) is 0 Å². The van der Waals surface area contributed by atoms with Crippen LogP contribution in [0.25, 0.3) is 0 Å². The molecular weight excluding hydrogens is 406 g/mol. The Kier molecular flexibility index (Phi) is 7.91. The first-order valence-electron chi connectivity index (χ1n) is 9.83. The van der Waals surface area contributed by atoms with Crippen molar-refractivity contribution in [3.05, 3.63) is 121 Å². The third-order valence-electron chi connectivity index (χ3n) is 5.00. The molecule has 0 heterocycles. The van der Waals surface area contributed by atoms with E-state index in [1.165, 1.54) is 21.2 Å². The number of carboxylic acids is 1. The van der Waals surface area contributed by atoms with Gasteiger partial charge in [-0.25, -0.2) is 0 Å². The Morgan fingerprint density at radius 2 is 0.767 bits per heavy atom. The Morgan fingerprint density at radius 1 is 0.567 bits per heavy atom. The third kappa shape index (κ3) is 4.85. The average Bonchev–Trinajstić information content (AvgIpc) is 2.83. The molecule has 0 radical (unpaired) electrons. The fourth-order valence-corrected chi connectivity index (χ4v) is 8.52. The Balaban J connectivity index is 0.000000461. The number of benzene rings is 4. The fourth-order valence-electron chi connectivity index (χ4n) is 3.75. The first-order chi connectivity index (χ1) is 14.7. The standard InChI is InChI=1S/C24H21P.C2H5O2P/c1-5-13-21(14-6-1)25(22-15-7-2-8-16-22,23-17-9-3-10-18-23)24-19-11-4-12-20-24;3-2(4)1-5/h1-20,25H;1,5H2,(H,3,4). The second-order valence-electron chi connectivity index (χ2n) is 6.81. The van der Waals surface area contributed by atoms with Crippen LogP contribution in [0.15, 0.2) is 121 Å². The number of hydrogen-bond acceptors (Lipinski definition) is 1. The van der Waals surface area contributed by atoms with Crippen molar-refractivity contribution in [3.8, 4) is 0 Å². The Hall–Kier alpha value is -2.79. The molecule has 0 aliphatic carbocycles. The minimum absolute atomic E-state index is 0.139. The van der Waals surface area contributed by atoms with E-state index >= 15 is 0 Å². The summed E-state index contributed by atoms with van der Waals surface area (Å²) in [7, 11) is -0.205. The van der Waals surface area contributed by atoms with Gasteiger partial charge in [0.2, 0.25) is 0 Å². The maximum atomic E-state index is 9.35. The molecule has 0 saturated heterocycles. The van der Waals surface area contributed by atoms with Crippen LogP contribution in [0.1, 0.15) is 0 Å². The molecule has 0 saturated carbocycles. The van der Waals surface area contributed by atoms with Gasteiger partial charge >= 0.3 is 156 Å². The van der Waals surface area contributed by atoms with Crippen molar-refractivity contribution in [1.29, 1.82) is 0 Å². The van der Waals surface area contributed by atoms with Crippen molar-refractivity contribution in [2.24, 2.45) is 0 Å². The molecule has 1 N–H and O–H groups in total. The van der Waals surface area contributed by atoms with Gasteiger partial charge in [-0.3, -0.25) is 4.79 Å². The van der Waals surface area contributed by atoms with Crippen molar-refractivity contribution in [2.45, 2.75) is 0 Å². The first kappa shape index (κ1) is 21.9. The van der Waals surface area contributed by atoms with Crippen LogP contribution in [0.3, 0.4) is 0 Å². The zero-order chi connectivity index (χ0) is 21.2. The van der Waals surface area contributed by atoms with Gasteiger partial charge in [-0.1, -0.05) is 0 Å². The van der Waals surface area contributed by atoms with Gasteiger partial charge in [-0.05, 0) is 0 Å². The molecule has 30 heavy (non-hydrogen) atoms.